The summed E-state index contributed by atoms with van der Waals surface area (Å²) in [4.78, 5) is 2.37. The summed E-state index contributed by atoms with van der Waals surface area (Å²) < 4.78 is 2.70. The van der Waals surface area contributed by atoms with E-state index in [0.717, 1.165) is 30.6 Å². The number of aromatic nitrogens is 3. The van der Waals surface area contributed by atoms with Crippen molar-refractivity contribution in [3.05, 3.63) is 35.1 Å². The van der Waals surface area contributed by atoms with Crippen molar-refractivity contribution in [1.29, 1.82) is 0 Å². The van der Waals surface area contributed by atoms with Crippen molar-refractivity contribution in [3.63, 3.8) is 0 Å². The predicted molar refractivity (Wildman–Crippen MR) is 88.6 cm³/mol. The van der Waals surface area contributed by atoms with Gasteiger partial charge in [0.25, 0.3) is 0 Å². The molecule has 0 amide bonds. The fraction of sp³-hybridized carbons (Fsp3) is 0.500. The van der Waals surface area contributed by atoms with E-state index in [4.69, 9.17) is 12.2 Å². The minimum atomic E-state index is 0.660. The molecular formula is C16H22N4S. The number of rotatable bonds is 3. The fourth-order valence-corrected chi connectivity index (χ4v) is 3.32. The van der Waals surface area contributed by atoms with Gasteiger partial charge in [-0.2, -0.15) is 0 Å². The Hall–Kier alpha value is -1.62. The standard InChI is InChI=1S/C16H22N4S/c1-2-13-7-6-11-19(12-10-13)15-17-18-16(21)20(15)14-8-4-3-5-9-14/h3-5,8-9,13H,2,6-7,10-12H2,1H3,(H,18,21). The molecule has 1 aliphatic rings. The van der Waals surface area contributed by atoms with E-state index in [1.165, 1.54) is 25.7 Å². The van der Waals surface area contributed by atoms with Crippen molar-refractivity contribution >= 4 is 18.2 Å². The van der Waals surface area contributed by atoms with Crippen LogP contribution < -0.4 is 4.90 Å². The van der Waals surface area contributed by atoms with Crippen LogP contribution in [0.2, 0.25) is 0 Å². The van der Waals surface area contributed by atoms with Crippen molar-refractivity contribution in [2.24, 2.45) is 5.92 Å². The predicted octanol–water partition coefficient (Wildman–Crippen LogP) is 3.95. The molecule has 0 saturated carbocycles. The van der Waals surface area contributed by atoms with Crippen molar-refractivity contribution in [3.8, 4) is 5.69 Å². The molecule has 1 fully saturated rings. The van der Waals surface area contributed by atoms with Crippen molar-refractivity contribution in [2.45, 2.75) is 32.6 Å². The molecule has 21 heavy (non-hydrogen) atoms. The number of hydrogen-bond acceptors (Lipinski definition) is 3. The molecule has 4 nitrogen and oxygen atoms in total. The summed E-state index contributed by atoms with van der Waals surface area (Å²) in [6.07, 6.45) is 5.07. The first-order valence-corrected chi connectivity index (χ1v) is 8.18. The first-order chi connectivity index (χ1) is 10.3. The average molecular weight is 302 g/mol. The number of para-hydroxylation sites is 1. The van der Waals surface area contributed by atoms with Gasteiger partial charge in [-0.1, -0.05) is 31.5 Å². The van der Waals surface area contributed by atoms with E-state index in [-0.39, 0.29) is 0 Å². The number of nitrogens with one attached hydrogen (secondary N) is 1. The highest BCUT2D eigenvalue weighted by Crippen LogP contribution is 2.25. The van der Waals surface area contributed by atoms with E-state index < -0.39 is 0 Å². The third-order valence-electron chi connectivity index (χ3n) is 4.38. The highest BCUT2D eigenvalue weighted by Gasteiger charge is 2.20. The monoisotopic (exact) mass is 302 g/mol. The smallest absolute Gasteiger partial charge is 0.230 e. The van der Waals surface area contributed by atoms with Gasteiger partial charge in [0.1, 0.15) is 0 Å². The number of hydrogen-bond donors (Lipinski definition) is 1. The molecule has 0 aliphatic carbocycles. The minimum absolute atomic E-state index is 0.660. The average Bonchev–Trinajstić information content (AvgIpc) is 2.75. The van der Waals surface area contributed by atoms with Gasteiger partial charge in [-0.15, -0.1) is 5.10 Å². The third kappa shape index (κ3) is 3.02. The minimum Gasteiger partial charge on any atom is -0.341 e. The Morgan fingerprint density at radius 2 is 2.05 bits per heavy atom. The maximum absolute atomic E-state index is 5.42. The zero-order valence-electron chi connectivity index (χ0n) is 12.5. The first-order valence-electron chi connectivity index (χ1n) is 7.77. The topological polar surface area (TPSA) is 36.9 Å². The number of nitrogens with zero attached hydrogens (tertiary/aromatic N) is 3. The van der Waals surface area contributed by atoms with Crippen LogP contribution in [0.1, 0.15) is 32.6 Å². The highest BCUT2D eigenvalue weighted by atomic mass is 32.1. The van der Waals surface area contributed by atoms with Crippen LogP contribution in [0.25, 0.3) is 5.69 Å². The zero-order chi connectivity index (χ0) is 14.7. The van der Waals surface area contributed by atoms with Crippen molar-refractivity contribution in [1.82, 2.24) is 14.8 Å². The summed E-state index contributed by atoms with van der Waals surface area (Å²) in [5.41, 5.74) is 1.07. The van der Waals surface area contributed by atoms with Gasteiger partial charge in [0.05, 0.1) is 5.69 Å². The van der Waals surface area contributed by atoms with Gasteiger partial charge in [0.2, 0.25) is 10.7 Å². The van der Waals surface area contributed by atoms with E-state index in [1.54, 1.807) is 0 Å². The molecule has 2 aromatic rings. The van der Waals surface area contributed by atoms with E-state index in [9.17, 15) is 0 Å². The van der Waals surface area contributed by atoms with Gasteiger partial charge in [-0.05, 0) is 49.5 Å². The Labute approximate surface area is 130 Å². The van der Waals surface area contributed by atoms with E-state index >= 15 is 0 Å². The summed E-state index contributed by atoms with van der Waals surface area (Å²) in [7, 11) is 0. The van der Waals surface area contributed by atoms with Crippen LogP contribution >= 0.6 is 12.2 Å². The molecule has 112 valence electrons. The lowest BCUT2D eigenvalue weighted by Crippen LogP contribution is -2.27. The summed E-state index contributed by atoms with van der Waals surface area (Å²) in [6.45, 7) is 4.41. The van der Waals surface area contributed by atoms with Gasteiger partial charge in [-0.25, -0.2) is 5.10 Å². The molecule has 1 saturated heterocycles. The van der Waals surface area contributed by atoms with E-state index in [2.05, 4.69) is 34.2 Å². The van der Waals surface area contributed by atoms with E-state index in [1.807, 2.05) is 22.8 Å². The first kappa shape index (κ1) is 14.3. The molecule has 0 radical (unpaired) electrons. The van der Waals surface area contributed by atoms with Crippen LogP contribution in [0.15, 0.2) is 30.3 Å². The second kappa shape index (κ2) is 6.43. The molecule has 2 heterocycles. The van der Waals surface area contributed by atoms with Crippen LogP contribution in [0, 0.1) is 10.7 Å². The molecule has 3 rings (SSSR count). The molecular weight excluding hydrogens is 280 g/mol. The van der Waals surface area contributed by atoms with Gasteiger partial charge in [0, 0.05) is 13.1 Å². The van der Waals surface area contributed by atoms with Crippen LogP contribution in [-0.4, -0.2) is 27.9 Å². The summed E-state index contributed by atoms with van der Waals surface area (Å²) in [5.74, 6) is 1.80. The number of benzene rings is 1. The molecule has 1 N–H and O–H groups in total. The SMILES string of the molecule is CCC1CCCN(c2n[nH]c(=S)n2-c2ccccc2)CC1. The molecule has 0 bridgehead atoms. The molecule has 1 aromatic heterocycles. The summed E-state index contributed by atoms with van der Waals surface area (Å²) in [6, 6.07) is 10.2. The highest BCUT2D eigenvalue weighted by molar-refractivity contribution is 7.71. The second-order valence-electron chi connectivity index (χ2n) is 5.69. The Morgan fingerprint density at radius 3 is 2.81 bits per heavy atom. The van der Waals surface area contributed by atoms with Crippen LogP contribution in [0.5, 0.6) is 0 Å². The lowest BCUT2D eigenvalue weighted by molar-refractivity contribution is 0.459. The van der Waals surface area contributed by atoms with E-state index in [0.29, 0.717) is 4.77 Å². The lowest BCUT2D eigenvalue weighted by atomic mass is 9.98. The van der Waals surface area contributed by atoms with Gasteiger partial charge in [0.15, 0.2) is 0 Å². The largest absolute Gasteiger partial charge is 0.341 e. The fourth-order valence-electron chi connectivity index (χ4n) is 3.08. The molecule has 1 aliphatic heterocycles. The van der Waals surface area contributed by atoms with Gasteiger partial charge < -0.3 is 4.90 Å². The molecule has 5 heteroatoms. The quantitative estimate of drug-likeness (QED) is 0.872. The van der Waals surface area contributed by atoms with Crippen LogP contribution in [-0.2, 0) is 0 Å². The normalized spacial score (nSPS) is 19.5. The molecule has 1 unspecified atom stereocenters. The Balaban J connectivity index is 1.91. The third-order valence-corrected chi connectivity index (χ3v) is 4.65. The number of anilines is 1. The van der Waals surface area contributed by atoms with Crippen LogP contribution in [0.4, 0.5) is 5.95 Å². The number of H-pyrrole nitrogens is 1. The lowest BCUT2D eigenvalue weighted by Gasteiger charge is -2.22. The van der Waals surface area contributed by atoms with Gasteiger partial charge >= 0.3 is 0 Å². The molecule has 1 atom stereocenters. The maximum Gasteiger partial charge on any atom is 0.230 e. The molecule has 1 aromatic carbocycles. The number of aromatic amines is 1. The Morgan fingerprint density at radius 1 is 1.24 bits per heavy atom. The van der Waals surface area contributed by atoms with Crippen molar-refractivity contribution in [2.75, 3.05) is 18.0 Å². The van der Waals surface area contributed by atoms with Gasteiger partial charge in [-0.3, -0.25) is 4.57 Å². The Bertz CT molecular complexity index is 631. The van der Waals surface area contributed by atoms with Crippen LogP contribution in [0.3, 0.4) is 0 Å². The molecule has 0 spiro atoms. The summed E-state index contributed by atoms with van der Waals surface area (Å²) >= 11 is 5.42. The maximum atomic E-state index is 5.42. The van der Waals surface area contributed by atoms with Crippen molar-refractivity contribution < 1.29 is 0 Å². The Kier molecular flexibility index (Phi) is 4.39. The second-order valence-corrected chi connectivity index (χ2v) is 6.08. The summed E-state index contributed by atoms with van der Waals surface area (Å²) in [5, 5.41) is 7.43. The zero-order valence-corrected chi connectivity index (χ0v) is 13.3.